The van der Waals surface area contributed by atoms with Crippen molar-refractivity contribution < 1.29 is 29.6 Å². The van der Waals surface area contributed by atoms with Crippen LogP contribution in [0, 0.1) is 0 Å². The molecular formula is C11H14O6S. The van der Waals surface area contributed by atoms with Crippen LogP contribution < -0.4 is 0 Å². The van der Waals surface area contributed by atoms with Crippen molar-refractivity contribution >= 4 is 23.3 Å². The van der Waals surface area contributed by atoms with Gasteiger partial charge in [-0.15, -0.1) is 11.3 Å². The van der Waals surface area contributed by atoms with Crippen molar-refractivity contribution in [3.8, 4) is 0 Å². The Kier molecular flexibility index (Phi) is 5.26. The Balaban J connectivity index is 2.64. The zero-order valence-corrected chi connectivity index (χ0v) is 10.5. The van der Waals surface area contributed by atoms with E-state index in [1.165, 1.54) is 11.4 Å². The maximum Gasteiger partial charge on any atom is 0.345 e. The molecule has 2 unspecified atom stereocenters. The van der Waals surface area contributed by atoms with E-state index in [0.717, 1.165) is 11.3 Å². The first kappa shape index (κ1) is 14.6. The van der Waals surface area contributed by atoms with Crippen LogP contribution in [-0.4, -0.2) is 40.0 Å². The van der Waals surface area contributed by atoms with Gasteiger partial charge in [0.2, 0.25) is 0 Å². The Labute approximate surface area is 107 Å². The molecule has 0 aromatic carbocycles. The van der Waals surface area contributed by atoms with Crippen molar-refractivity contribution in [2.45, 2.75) is 25.6 Å². The predicted molar refractivity (Wildman–Crippen MR) is 63.5 cm³/mol. The van der Waals surface area contributed by atoms with Crippen LogP contribution in [0.3, 0.4) is 0 Å². The SMILES string of the molecule is CCOC(=O)CC(O)C(O)c1csc(C(=O)O)c1. The number of carboxylic acids is 1. The lowest BCUT2D eigenvalue weighted by molar-refractivity contribution is -0.147. The monoisotopic (exact) mass is 274 g/mol. The first-order chi connectivity index (χ1) is 8.45. The molecule has 0 fully saturated rings. The molecule has 0 aliphatic carbocycles. The minimum Gasteiger partial charge on any atom is -0.477 e. The van der Waals surface area contributed by atoms with Gasteiger partial charge in [0.1, 0.15) is 11.0 Å². The second-order valence-corrected chi connectivity index (χ2v) is 4.48. The Hall–Kier alpha value is -1.44. The van der Waals surface area contributed by atoms with E-state index in [-0.39, 0.29) is 23.5 Å². The molecule has 1 aromatic heterocycles. The van der Waals surface area contributed by atoms with E-state index in [9.17, 15) is 19.8 Å². The number of esters is 1. The van der Waals surface area contributed by atoms with Gasteiger partial charge in [0, 0.05) is 0 Å². The number of aliphatic hydroxyl groups is 2. The maximum absolute atomic E-state index is 11.1. The second kappa shape index (κ2) is 6.48. The third-order valence-electron chi connectivity index (χ3n) is 2.22. The van der Waals surface area contributed by atoms with E-state index in [4.69, 9.17) is 5.11 Å². The number of rotatable bonds is 6. The molecule has 0 saturated carbocycles. The lowest BCUT2D eigenvalue weighted by Crippen LogP contribution is -2.22. The Morgan fingerprint density at radius 1 is 1.44 bits per heavy atom. The molecule has 6 nitrogen and oxygen atoms in total. The molecule has 0 amide bonds. The molecule has 1 aromatic rings. The second-order valence-electron chi connectivity index (χ2n) is 3.57. The summed E-state index contributed by atoms with van der Waals surface area (Å²) in [5.41, 5.74) is 0.272. The third kappa shape index (κ3) is 3.80. The summed E-state index contributed by atoms with van der Waals surface area (Å²) in [6.45, 7) is 1.84. The molecule has 1 rings (SSSR count). The average Bonchev–Trinajstić information content (AvgIpc) is 2.77. The first-order valence-electron chi connectivity index (χ1n) is 5.29. The number of aromatic carboxylic acids is 1. The molecule has 0 aliphatic rings. The lowest BCUT2D eigenvalue weighted by atomic mass is 10.1. The van der Waals surface area contributed by atoms with E-state index in [0.29, 0.717) is 0 Å². The normalized spacial score (nSPS) is 13.9. The largest absolute Gasteiger partial charge is 0.477 e. The first-order valence-corrected chi connectivity index (χ1v) is 6.17. The summed E-state index contributed by atoms with van der Waals surface area (Å²) in [5.74, 6) is -1.71. The Bertz CT molecular complexity index is 427. The fourth-order valence-corrected chi connectivity index (χ4v) is 2.12. The Morgan fingerprint density at radius 3 is 2.61 bits per heavy atom. The number of carboxylic acid groups (broad SMARTS) is 1. The number of hydrogen-bond donors (Lipinski definition) is 3. The fraction of sp³-hybridized carbons (Fsp3) is 0.455. The van der Waals surface area contributed by atoms with Gasteiger partial charge in [-0.3, -0.25) is 4.79 Å². The summed E-state index contributed by atoms with van der Waals surface area (Å²) < 4.78 is 4.64. The molecule has 3 N–H and O–H groups in total. The van der Waals surface area contributed by atoms with Crippen molar-refractivity contribution in [1.29, 1.82) is 0 Å². The summed E-state index contributed by atoms with van der Waals surface area (Å²) in [4.78, 5) is 21.8. The topological polar surface area (TPSA) is 104 Å². The highest BCUT2D eigenvalue weighted by molar-refractivity contribution is 7.12. The summed E-state index contributed by atoms with van der Waals surface area (Å²) >= 11 is 0.946. The minimum atomic E-state index is -1.32. The number of ether oxygens (including phenoxy) is 1. The predicted octanol–water partition coefficient (Wildman–Crippen LogP) is 0.794. The Morgan fingerprint density at radius 2 is 2.11 bits per heavy atom. The van der Waals surface area contributed by atoms with E-state index < -0.39 is 24.1 Å². The van der Waals surface area contributed by atoms with Gasteiger partial charge >= 0.3 is 11.9 Å². The van der Waals surface area contributed by atoms with Crippen molar-refractivity contribution in [3.63, 3.8) is 0 Å². The summed E-state index contributed by atoms with van der Waals surface area (Å²) in [7, 11) is 0. The number of hydrogen-bond acceptors (Lipinski definition) is 6. The van der Waals surface area contributed by atoms with Gasteiger partial charge in [0.05, 0.1) is 19.1 Å². The van der Waals surface area contributed by atoms with Crippen LogP contribution in [0.2, 0.25) is 0 Å². The highest BCUT2D eigenvalue weighted by atomic mass is 32.1. The standard InChI is InChI=1S/C11H14O6S/c1-2-17-9(13)4-7(12)10(14)6-3-8(11(15)16)18-5-6/h3,5,7,10,12,14H,2,4H2,1H3,(H,15,16). The van der Waals surface area contributed by atoms with Gasteiger partial charge in [-0.1, -0.05) is 0 Å². The number of carbonyl (C=O) groups excluding carboxylic acids is 1. The molecule has 18 heavy (non-hydrogen) atoms. The average molecular weight is 274 g/mol. The van der Waals surface area contributed by atoms with Gasteiger partial charge in [-0.2, -0.15) is 0 Å². The molecular weight excluding hydrogens is 260 g/mol. The molecule has 1 heterocycles. The molecule has 0 radical (unpaired) electrons. The van der Waals surface area contributed by atoms with Crippen molar-refractivity contribution in [2.24, 2.45) is 0 Å². The van der Waals surface area contributed by atoms with Crippen LogP contribution in [0.5, 0.6) is 0 Å². The van der Waals surface area contributed by atoms with Gasteiger partial charge in [-0.25, -0.2) is 4.79 Å². The molecule has 0 bridgehead atoms. The summed E-state index contributed by atoms with van der Waals surface area (Å²) in [5, 5.41) is 29.5. The van der Waals surface area contributed by atoms with E-state index in [1.807, 2.05) is 0 Å². The molecule has 2 atom stereocenters. The van der Waals surface area contributed by atoms with E-state index in [1.54, 1.807) is 6.92 Å². The molecule has 0 saturated heterocycles. The van der Waals surface area contributed by atoms with Gasteiger partial charge in [0.25, 0.3) is 0 Å². The number of thiophene rings is 1. The summed E-state index contributed by atoms with van der Waals surface area (Å²) in [6.07, 6.45) is -2.97. The van der Waals surface area contributed by atoms with Gasteiger partial charge in [-0.05, 0) is 23.9 Å². The van der Waals surface area contributed by atoms with Gasteiger partial charge < -0.3 is 20.1 Å². The lowest BCUT2D eigenvalue weighted by Gasteiger charge is -2.15. The zero-order chi connectivity index (χ0) is 13.7. The smallest absolute Gasteiger partial charge is 0.345 e. The van der Waals surface area contributed by atoms with E-state index >= 15 is 0 Å². The summed E-state index contributed by atoms with van der Waals surface area (Å²) in [6, 6.07) is 1.27. The number of carbonyl (C=O) groups is 2. The van der Waals surface area contributed by atoms with Crippen molar-refractivity contribution in [2.75, 3.05) is 6.61 Å². The minimum absolute atomic E-state index is 0.0624. The molecule has 0 spiro atoms. The van der Waals surface area contributed by atoms with Crippen molar-refractivity contribution in [3.05, 3.63) is 21.9 Å². The highest BCUT2D eigenvalue weighted by Crippen LogP contribution is 2.24. The highest BCUT2D eigenvalue weighted by Gasteiger charge is 2.23. The maximum atomic E-state index is 11.1. The number of aliphatic hydroxyl groups excluding tert-OH is 2. The molecule has 0 aliphatic heterocycles. The van der Waals surface area contributed by atoms with Crippen LogP contribution >= 0.6 is 11.3 Å². The molecule has 100 valence electrons. The van der Waals surface area contributed by atoms with Crippen LogP contribution in [0.25, 0.3) is 0 Å². The molecule has 7 heteroatoms. The van der Waals surface area contributed by atoms with Crippen LogP contribution in [-0.2, 0) is 9.53 Å². The van der Waals surface area contributed by atoms with Crippen LogP contribution in [0.4, 0.5) is 0 Å². The third-order valence-corrected chi connectivity index (χ3v) is 3.15. The van der Waals surface area contributed by atoms with Gasteiger partial charge in [0.15, 0.2) is 0 Å². The van der Waals surface area contributed by atoms with Crippen LogP contribution in [0.1, 0.15) is 34.7 Å². The zero-order valence-electron chi connectivity index (χ0n) is 9.70. The fourth-order valence-electron chi connectivity index (χ4n) is 1.34. The van der Waals surface area contributed by atoms with Crippen molar-refractivity contribution in [1.82, 2.24) is 0 Å². The van der Waals surface area contributed by atoms with Crippen LogP contribution in [0.15, 0.2) is 11.4 Å². The quantitative estimate of drug-likeness (QED) is 0.663. The van der Waals surface area contributed by atoms with E-state index in [2.05, 4.69) is 4.74 Å².